The van der Waals surface area contributed by atoms with E-state index < -0.39 is 0 Å². The van der Waals surface area contributed by atoms with Gasteiger partial charge >= 0.3 is 0 Å². The van der Waals surface area contributed by atoms with Crippen LogP contribution in [0.25, 0.3) is 0 Å². The minimum absolute atomic E-state index is 0.0281. The first-order chi connectivity index (χ1) is 6.65. The second-order valence-electron chi connectivity index (χ2n) is 2.96. The van der Waals surface area contributed by atoms with Gasteiger partial charge < -0.3 is 4.90 Å². The Balaban J connectivity index is 2.78. The minimum atomic E-state index is 0.0281. The van der Waals surface area contributed by atoms with Gasteiger partial charge in [-0.15, -0.1) is 0 Å². The third kappa shape index (κ3) is 3.03. The van der Waals surface area contributed by atoms with Crippen LogP contribution in [0.2, 0.25) is 0 Å². The molecule has 1 aromatic carbocycles. The van der Waals surface area contributed by atoms with Crippen LogP contribution in [0.15, 0.2) is 28.7 Å². The van der Waals surface area contributed by atoms with E-state index in [-0.39, 0.29) is 5.91 Å². The van der Waals surface area contributed by atoms with Crippen molar-refractivity contribution in [2.45, 2.75) is 0 Å². The molecule has 0 saturated carbocycles. The summed E-state index contributed by atoms with van der Waals surface area (Å²) >= 11 is 7.42. The third-order valence-electron chi connectivity index (χ3n) is 1.85. The van der Waals surface area contributed by atoms with Crippen LogP contribution in [0.3, 0.4) is 0 Å². The van der Waals surface area contributed by atoms with E-state index in [9.17, 15) is 4.79 Å². The lowest BCUT2D eigenvalue weighted by Crippen LogP contribution is -2.28. The van der Waals surface area contributed by atoms with Crippen LogP contribution in [0.1, 0.15) is 10.4 Å². The maximum atomic E-state index is 11.8. The van der Waals surface area contributed by atoms with Crippen molar-refractivity contribution in [2.75, 3.05) is 19.3 Å². The zero-order chi connectivity index (χ0) is 10.6. The summed E-state index contributed by atoms with van der Waals surface area (Å²) < 4.78 is 0.919. The van der Waals surface area contributed by atoms with Crippen LogP contribution >= 0.6 is 28.6 Å². The number of benzene rings is 1. The van der Waals surface area contributed by atoms with Gasteiger partial charge in [0, 0.05) is 29.4 Å². The Morgan fingerprint density at radius 3 is 2.86 bits per heavy atom. The predicted octanol–water partition coefficient (Wildman–Crippen LogP) is 2.45. The van der Waals surface area contributed by atoms with Crippen molar-refractivity contribution in [1.82, 2.24) is 4.90 Å². The van der Waals surface area contributed by atoms with E-state index in [2.05, 4.69) is 28.6 Å². The SMILES string of the molecule is CN(CCS)C(=O)c1cccc(Br)c1. The molecule has 2 nitrogen and oxygen atoms in total. The van der Waals surface area contributed by atoms with Gasteiger partial charge in [0.1, 0.15) is 0 Å². The molecule has 14 heavy (non-hydrogen) atoms. The average molecular weight is 274 g/mol. The number of amides is 1. The number of carbonyl (C=O) groups excluding carboxylic acids is 1. The van der Waals surface area contributed by atoms with E-state index in [4.69, 9.17) is 0 Å². The Morgan fingerprint density at radius 2 is 2.29 bits per heavy atom. The van der Waals surface area contributed by atoms with E-state index in [1.165, 1.54) is 0 Å². The molecule has 0 bridgehead atoms. The summed E-state index contributed by atoms with van der Waals surface area (Å²) in [5.74, 6) is 0.705. The highest BCUT2D eigenvalue weighted by molar-refractivity contribution is 9.10. The Kier molecular flexibility index (Phi) is 4.48. The lowest BCUT2D eigenvalue weighted by atomic mass is 10.2. The molecule has 0 spiro atoms. The first kappa shape index (κ1) is 11.6. The Labute approximate surface area is 97.8 Å². The minimum Gasteiger partial charge on any atom is -0.341 e. The Hall–Kier alpha value is -0.480. The molecule has 1 rings (SSSR count). The van der Waals surface area contributed by atoms with Gasteiger partial charge in [-0.2, -0.15) is 12.6 Å². The number of carbonyl (C=O) groups is 1. The van der Waals surface area contributed by atoms with Crippen LogP contribution < -0.4 is 0 Å². The number of hydrogen-bond acceptors (Lipinski definition) is 2. The van der Waals surface area contributed by atoms with Crippen LogP contribution in [-0.2, 0) is 0 Å². The van der Waals surface area contributed by atoms with Crippen LogP contribution in [0.4, 0.5) is 0 Å². The molecular formula is C10H12BrNOS. The fourth-order valence-electron chi connectivity index (χ4n) is 1.09. The second kappa shape index (κ2) is 5.41. The fraction of sp³-hybridized carbons (Fsp3) is 0.300. The molecule has 0 fully saturated rings. The zero-order valence-electron chi connectivity index (χ0n) is 7.90. The van der Waals surface area contributed by atoms with Crippen molar-refractivity contribution in [3.8, 4) is 0 Å². The van der Waals surface area contributed by atoms with Gasteiger partial charge in [0.2, 0.25) is 0 Å². The summed E-state index contributed by atoms with van der Waals surface area (Å²) in [5, 5.41) is 0. The highest BCUT2D eigenvalue weighted by atomic mass is 79.9. The highest BCUT2D eigenvalue weighted by Gasteiger charge is 2.10. The molecule has 0 unspecified atom stereocenters. The number of nitrogens with zero attached hydrogens (tertiary/aromatic N) is 1. The molecule has 0 atom stereocenters. The smallest absolute Gasteiger partial charge is 0.253 e. The number of rotatable bonds is 3. The Bertz CT molecular complexity index is 330. The third-order valence-corrected chi connectivity index (χ3v) is 2.55. The fourth-order valence-corrected chi connectivity index (χ4v) is 1.79. The molecule has 1 amide bonds. The summed E-state index contributed by atoms with van der Waals surface area (Å²) in [7, 11) is 1.78. The van der Waals surface area contributed by atoms with Crippen molar-refractivity contribution in [3.63, 3.8) is 0 Å². The quantitative estimate of drug-likeness (QED) is 0.839. The standard InChI is InChI=1S/C10H12BrNOS/c1-12(5-6-14)10(13)8-3-2-4-9(11)7-8/h2-4,7,14H,5-6H2,1H3. The molecular weight excluding hydrogens is 262 g/mol. The molecule has 0 radical (unpaired) electrons. The maximum absolute atomic E-state index is 11.8. The van der Waals surface area contributed by atoms with Crippen LogP contribution in [-0.4, -0.2) is 30.2 Å². The van der Waals surface area contributed by atoms with Gasteiger partial charge in [0.15, 0.2) is 0 Å². The highest BCUT2D eigenvalue weighted by Crippen LogP contribution is 2.12. The molecule has 0 saturated heterocycles. The summed E-state index contributed by atoms with van der Waals surface area (Å²) in [6.07, 6.45) is 0. The average Bonchev–Trinajstić information content (AvgIpc) is 2.17. The second-order valence-corrected chi connectivity index (χ2v) is 4.32. The van der Waals surface area contributed by atoms with Crippen molar-refractivity contribution in [2.24, 2.45) is 0 Å². The zero-order valence-corrected chi connectivity index (χ0v) is 10.4. The lowest BCUT2D eigenvalue weighted by molar-refractivity contribution is 0.0804. The van der Waals surface area contributed by atoms with E-state index in [0.717, 1.165) is 4.47 Å². The normalized spacial score (nSPS) is 9.93. The largest absolute Gasteiger partial charge is 0.341 e. The molecule has 76 valence electrons. The molecule has 0 aliphatic heterocycles. The van der Waals surface area contributed by atoms with Gasteiger partial charge in [-0.3, -0.25) is 4.79 Å². The summed E-state index contributed by atoms with van der Waals surface area (Å²) in [6, 6.07) is 7.38. The van der Waals surface area contributed by atoms with E-state index in [0.29, 0.717) is 17.9 Å². The number of halogens is 1. The van der Waals surface area contributed by atoms with Crippen molar-refractivity contribution < 1.29 is 4.79 Å². The summed E-state index contributed by atoms with van der Waals surface area (Å²) in [6.45, 7) is 0.661. The van der Waals surface area contributed by atoms with Crippen molar-refractivity contribution in [3.05, 3.63) is 34.3 Å². The van der Waals surface area contributed by atoms with E-state index in [1.807, 2.05) is 24.3 Å². The summed E-state index contributed by atoms with van der Waals surface area (Å²) in [4.78, 5) is 13.4. The van der Waals surface area contributed by atoms with Crippen molar-refractivity contribution >= 4 is 34.5 Å². The molecule has 1 aromatic rings. The van der Waals surface area contributed by atoms with Gasteiger partial charge in [0.05, 0.1) is 0 Å². The first-order valence-corrected chi connectivity index (χ1v) is 5.69. The van der Waals surface area contributed by atoms with Crippen molar-refractivity contribution in [1.29, 1.82) is 0 Å². The number of thiol groups is 1. The molecule has 0 aliphatic rings. The number of hydrogen-bond donors (Lipinski definition) is 1. The van der Waals surface area contributed by atoms with Crippen LogP contribution in [0.5, 0.6) is 0 Å². The molecule has 0 heterocycles. The van der Waals surface area contributed by atoms with Crippen LogP contribution in [0, 0.1) is 0 Å². The first-order valence-electron chi connectivity index (χ1n) is 4.27. The monoisotopic (exact) mass is 273 g/mol. The van der Waals surface area contributed by atoms with Gasteiger partial charge in [0.25, 0.3) is 5.91 Å². The topological polar surface area (TPSA) is 20.3 Å². The molecule has 0 aliphatic carbocycles. The maximum Gasteiger partial charge on any atom is 0.253 e. The van der Waals surface area contributed by atoms with Gasteiger partial charge in [-0.1, -0.05) is 22.0 Å². The van der Waals surface area contributed by atoms with E-state index in [1.54, 1.807) is 11.9 Å². The van der Waals surface area contributed by atoms with Gasteiger partial charge in [-0.25, -0.2) is 0 Å². The van der Waals surface area contributed by atoms with E-state index >= 15 is 0 Å². The molecule has 0 aromatic heterocycles. The summed E-state index contributed by atoms with van der Waals surface area (Å²) in [5.41, 5.74) is 0.698. The molecule has 0 N–H and O–H groups in total. The Morgan fingerprint density at radius 1 is 1.57 bits per heavy atom. The lowest BCUT2D eigenvalue weighted by Gasteiger charge is -2.15. The predicted molar refractivity (Wildman–Crippen MR) is 65.0 cm³/mol. The molecule has 4 heteroatoms. The van der Waals surface area contributed by atoms with Gasteiger partial charge in [-0.05, 0) is 18.2 Å².